The lowest BCUT2D eigenvalue weighted by Crippen LogP contribution is -2.11. The number of primary amides is 1. The second-order valence-corrected chi connectivity index (χ2v) is 7.60. The van der Waals surface area contributed by atoms with E-state index in [4.69, 9.17) is 15.7 Å². The number of rotatable bonds is 5. The Hall–Kier alpha value is -3.94. The maximum absolute atomic E-state index is 13.5. The van der Waals surface area contributed by atoms with E-state index in [0.717, 1.165) is 46.6 Å². The predicted molar refractivity (Wildman–Crippen MR) is 118 cm³/mol. The van der Waals surface area contributed by atoms with Gasteiger partial charge in [-0.1, -0.05) is 24.3 Å². The molecule has 0 bridgehead atoms. The van der Waals surface area contributed by atoms with Crippen LogP contribution < -0.4 is 16.4 Å². The number of fused-ring (bicyclic) bond motifs is 2. The number of amides is 1. The normalized spacial score (nSPS) is 12.6. The minimum Gasteiger partial charge on any atom is -0.380 e. The van der Waals surface area contributed by atoms with Gasteiger partial charge in [-0.05, 0) is 30.7 Å². The van der Waals surface area contributed by atoms with Crippen molar-refractivity contribution in [3.63, 3.8) is 0 Å². The minimum atomic E-state index is -0.491. The van der Waals surface area contributed by atoms with E-state index in [-0.39, 0.29) is 5.82 Å². The molecule has 1 aliphatic heterocycles. The van der Waals surface area contributed by atoms with Gasteiger partial charge in [0.25, 0.3) is 5.91 Å². The molecule has 5 rings (SSSR count). The molecule has 0 unspecified atom stereocenters. The molecule has 0 fully saturated rings. The van der Waals surface area contributed by atoms with Gasteiger partial charge in [-0.25, -0.2) is 14.4 Å². The maximum Gasteiger partial charge on any atom is 0.250 e. The van der Waals surface area contributed by atoms with Crippen molar-refractivity contribution in [2.45, 2.75) is 19.9 Å². The highest BCUT2D eigenvalue weighted by Crippen LogP contribution is 2.36. The van der Waals surface area contributed by atoms with Gasteiger partial charge in [-0.15, -0.1) is 0 Å². The van der Waals surface area contributed by atoms with Gasteiger partial charge in [0.05, 0.1) is 22.5 Å². The molecule has 2 aromatic heterocycles. The van der Waals surface area contributed by atoms with Crippen LogP contribution in [0.15, 0.2) is 42.5 Å². The molecular formula is C23H21FN6O. The van der Waals surface area contributed by atoms with Crippen molar-refractivity contribution in [1.82, 2.24) is 15.0 Å². The number of benzene rings is 2. The van der Waals surface area contributed by atoms with E-state index in [1.54, 1.807) is 18.2 Å². The molecule has 1 aliphatic rings. The molecule has 7 nitrogen and oxygen atoms in total. The third-order valence-electron chi connectivity index (χ3n) is 5.51. The van der Waals surface area contributed by atoms with Gasteiger partial charge in [0.2, 0.25) is 0 Å². The summed E-state index contributed by atoms with van der Waals surface area (Å²) >= 11 is 0. The number of para-hydroxylation sites is 1. The van der Waals surface area contributed by atoms with Crippen molar-refractivity contribution in [3.8, 4) is 11.4 Å². The fourth-order valence-electron chi connectivity index (χ4n) is 4.09. The van der Waals surface area contributed by atoms with Crippen molar-refractivity contribution in [1.29, 1.82) is 0 Å². The van der Waals surface area contributed by atoms with Crippen LogP contribution in [0.2, 0.25) is 0 Å². The van der Waals surface area contributed by atoms with Crippen LogP contribution in [0.4, 0.5) is 15.9 Å². The summed E-state index contributed by atoms with van der Waals surface area (Å²) in [6.45, 7) is 3.14. The van der Waals surface area contributed by atoms with Crippen LogP contribution in [0.25, 0.3) is 22.3 Å². The van der Waals surface area contributed by atoms with Crippen molar-refractivity contribution >= 4 is 28.3 Å². The fourth-order valence-corrected chi connectivity index (χ4v) is 4.09. The first-order valence-corrected chi connectivity index (χ1v) is 10.1. The first-order valence-electron chi connectivity index (χ1n) is 10.1. The second kappa shape index (κ2) is 7.39. The van der Waals surface area contributed by atoms with E-state index in [2.05, 4.69) is 15.6 Å². The molecule has 5 N–H and O–H groups in total. The summed E-state index contributed by atoms with van der Waals surface area (Å²) < 4.78 is 13.5. The standard InChI is InChI=1S/C23H21FN6O/c1-12-18(15-6-3-7-16(21(25)31)19(15)28-12)22-29-17-8-9-26-20(17)23(30-22)27-11-13-4-2-5-14(24)10-13/h2-7,10,26,28H,8-9,11H2,1H3,(H2,25,31)(H,27,29,30). The third kappa shape index (κ3) is 3.35. The SMILES string of the molecule is Cc1[nH]c2c(C(N)=O)cccc2c1-c1nc2c(c(NCc3cccc(F)c3)n1)NCC2. The molecule has 0 saturated heterocycles. The van der Waals surface area contributed by atoms with Gasteiger partial charge >= 0.3 is 0 Å². The smallest absolute Gasteiger partial charge is 0.250 e. The number of aromatic nitrogens is 3. The summed E-state index contributed by atoms with van der Waals surface area (Å²) in [6.07, 6.45) is 0.785. The Morgan fingerprint density at radius 3 is 2.87 bits per heavy atom. The van der Waals surface area contributed by atoms with Crippen LogP contribution in [-0.2, 0) is 13.0 Å². The quantitative estimate of drug-likeness (QED) is 0.396. The molecule has 156 valence electrons. The largest absolute Gasteiger partial charge is 0.380 e. The van der Waals surface area contributed by atoms with Crippen LogP contribution >= 0.6 is 0 Å². The molecule has 0 aliphatic carbocycles. The average molecular weight is 416 g/mol. The Bertz CT molecular complexity index is 1330. The topological polar surface area (TPSA) is 109 Å². The molecule has 8 heteroatoms. The minimum absolute atomic E-state index is 0.272. The molecule has 3 heterocycles. The summed E-state index contributed by atoms with van der Waals surface area (Å²) in [5, 5.41) is 7.50. The van der Waals surface area contributed by atoms with Gasteiger partial charge in [-0.2, -0.15) is 0 Å². The number of nitrogens with one attached hydrogen (secondary N) is 3. The molecule has 0 spiro atoms. The number of aryl methyl sites for hydroxylation is 1. The van der Waals surface area contributed by atoms with E-state index >= 15 is 0 Å². The van der Waals surface area contributed by atoms with Gasteiger partial charge in [0.15, 0.2) is 11.6 Å². The van der Waals surface area contributed by atoms with E-state index in [9.17, 15) is 9.18 Å². The van der Waals surface area contributed by atoms with Gasteiger partial charge in [0, 0.05) is 36.2 Å². The average Bonchev–Trinajstić information content (AvgIpc) is 3.35. The molecule has 1 amide bonds. The maximum atomic E-state index is 13.5. The van der Waals surface area contributed by atoms with Gasteiger partial charge < -0.3 is 21.4 Å². The Morgan fingerprint density at radius 1 is 1.23 bits per heavy atom. The number of hydrogen-bond acceptors (Lipinski definition) is 5. The van der Waals surface area contributed by atoms with Crippen LogP contribution in [0, 0.1) is 12.7 Å². The van der Waals surface area contributed by atoms with E-state index in [1.807, 2.05) is 19.1 Å². The van der Waals surface area contributed by atoms with Crippen LogP contribution in [0.1, 0.15) is 27.3 Å². The lowest BCUT2D eigenvalue weighted by molar-refractivity contribution is 0.100. The number of carbonyl (C=O) groups excluding carboxylic acids is 1. The summed E-state index contributed by atoms with van der Waals surface area (Å²) in [4.78, 5) is 24.7. The highest BCUT2D eigenvalue weighted by molar-refractivity contribution is 6.09. The predicted octanol–water partition coefficient (Wildman–Crippen LogP) is 3.75. The highest BCUT2D eigenvalue weighted by atomic mass is 19.1. The van der Waals surface area contributed by atoms with Crippen molar-refractivity contribution in [3.05, 3.63) is 70.8 Å². The number of aromatic amines is 1. The number of H-pyrrole nitrogens is 1. The van der Waals surface area contributed by atoms with Crippen LogP contribution in [0.5, 0.6) is 0 Å². The molecular weight excluding hydrogens is 395 g/mol. The zero-order valence-corrected chi connectivity index (χ0v) is 16.9. The van der Waals surface area contributed by atoms with Crippen LogP contribution in [-0.4, -0.2) is 27.4 Å². The molecule has 0 saturated carbocycles. The summed E-state index contributed by atoms with van der Waals surface area (Å²) in [5.41, 5.74) is 11.0. The van der Waals surface area contributed by atoms with E-state index in [1.165, 1.54) is 12.1 Å². The van der Waals surface area contributed by atoms with E-state index in [0.29, 0.717) is 29.3 Å². The first-order chi connectivity index (χ1) is 15.0. The third-order valence-corrected chi connectivity index (χ3v) is 5.51. The second-order valence-electron chi connectivity index (χ2n) is 7.60. The Balaban J connectivity index is 1.60. The van der Waals surface area contributed by atoms with Crippen molar-refractivity contribution in [2.24, 2.45) is 5.73 Å². The van der Waals surface area contributed by atoms with E-state index < -0.39 is 5.91 Å². The zero-order chi connectivity index (χ0) is 21.5. The highest BCUT2D eigenvalue weighted by Gasteiger charge is 2.23. The van der Waals surface area contributed by atoms with Gasteiger partial charge in [0.1, 0.15) is 5.82 Å². The summed E-state index contributed by atoms with van der Waals surface area (Å²) in [6, 6.07) is 11.9. The monoisotopic (exact) mass is 416 g/mol. The number of nitrogens with two attached hydrogens (primary N) is 1. The molecule has 2 aromatic carbocycles. The summed E-state index contributed by atoms with van der Waals surface area (Å²) in [7, 11) is 0. The molecule has 0 radical (unpaired) electrons. The summed E-state index contributed by atoms with van der Waals surface area (Å²) in [5.74, 6) is 0.469. The molecule has 31 heavy (non-hydrogen) atoms. The zero-order valence-electron chi connectivity index (χ0n) is 16.9. The fraction of sp³-hybridized carbons (Fsp3) is 0.174. The lowest BCUT2D eigenvalue weighted by atomic mass is 10.1. The molecule has 0 atom stereocenters. The van der Waals surface area contributed by atoms with Gasteiger partial charge in [-0.3, -0.25) is 4.79 Å². The number of carbonyl (C=O) groups is 1. The van der Waals surface area contributed by atoms with Crippen molar-refractivity contribution in [2.75, 3.05) is 17.2 Å². The number of halogens is 1. The Morgan fingerprint density at radius 2 is 2.06 bits per heavy atom. The first kappa shape index (κ1) is 19.0. The molecule has 4 aromatic rings. The number of nitrogens with zero attached hydrogens (tertiary/aromatic N) is 2. The Labute approximate surface area is 177 Å². The van der Waals surface area contributed by atoms with Crippen molar-refractivity contribution < 1.29 is 9.18 Å². The lowest BCUT2D eigenvalue weighted by Gasteiger charge is -2.13. The van der Waals surface area contributed by atoms with Crippen LogP contribution in [0.3, 0.4) is 0 Å². The Kier molecular flexibility index (Phi) is 4.54. The number of hydrogen-bond donors (Lipinski definition) is 4. The number of anilines is 2.